The maximum Gasteiger partial charge on any atom is 0.251 e. The van der Waals surface area contributed by atoms with E-state index >= 15 is 0 Å². The summed E-state index contributed by atoms with van der Waals surface area (Å²) in [5.74, 6) is 0.0864. The topological polar surface area (TPSA) is 69.7 Å². The molecule has 2 heterocycles. The first-order chi connectivity index (χ1) is 16.5. The minimum Gasteiger partial charge on any atom is -0.352 e. The summed E-state index contributed by atoms with van der Waals surface area (Å²) in [7, 11) is 0. The number of hydrogen-bond donors (Lipinski definition) is 1. The average molecular weight is 476 g/mol. The average Bonchev–Trinajstić information content (AvgIpc) is 3.23. The van der Waals surface area contributed by atoms with Crippen LogP contribution in [0, 0.1) is 5.92 Å². The molecule has 2 aliphatic rings. The summed E-state index contributed by atoms with van der Waals surface area (Å²) >= 11 is 6.03. The van der Waals surface area contributed by atoms with Crippen LogP contribution in [0.1, 0.15) is 36.0 Å². The first-order valence-electron chi connectivity index (χ1n) is 11.7. The third kappa shape index (κ3) is 4.64. The molecule has 0 saturated carbocycles. The standard InChI is InChI=1S/C27H26ClN3O3/c28-22-7-6-19-14-21(5-4-20(19)15-22)27(34)29-16-18-13-26(33)31(17-18)24-10-8-23(9-11-24)30-12-2-1-3-25(30)32/h4-11,14-15,18H,1-3,12-13,16-17H2,(H,29,34). The zero-order valence-electron chi connectivity index (χ0n) is 18.8. The summed E-state index contributed by atoms with van der Waals surface area (Å²) in [6.07, 6.45) is 2.94. The molecule has 2 fully saturated rings. The van der Waals surface area contributed by atoms with Gasteiger partial charge >= 0.3 is 0 Å². The van der Waals surface area contributed by atoms with Gasteiger partial charge in [-0.15, -0.1) is 0 Å². The SMILES string of the molecule is O=C(NCC1CC(=O)N(c2ccc(N3CCCCC3=O)cc2)C1)c1ccc2cc(Cl)ccc2c1. The number of benzene rings is 3. The molecule has 3 aromatic rings. The number of hydrogen-bond acceptors (Lipinski definition) is 3. The Morgan fingerprint density at radius 1 is 0.882 bits per heavy atom. The first kappa shape index (κ1) is 22.4. The minimum atomic E-state index is -0.154. The predicted molar refractivity (Wildman–Crippen MR) is 134 cm³/mol. The second-order valence-electron chi connectivity index (χ2n) is 9.01. The van der Waals surface area contributed by atoms with Crippen molar-refractivity contribution in [2.75, 3.05) is 29.4 Å². The number of anilines is 2. The molecule has 174 valence electrons. The number of amides is 3. The van der Waals surface area contributed by atoms with E-state index in [1.807, 2.05) is 53.4 Å². The lowest BCUT2D eigenvalue weighted by atomic mass is 10.1. The molecule has 0 bridgehead atoms. The first-order valence-corrected chi connectivity index (χ1v) is 12.0. The Kier molecular flexibility index (Phi) is 6.24. The van der Waals surface area contributed by atoms with Crippen LogP contribution in [0.15, 0.2) is 60.7 Å². The van der Waals surface area contributed by atoms with E-state index in [1.165, 1.54) is 0 Å². The molecule has 0 aromatic heterocycles. The number of fused-ring (bicyclic) bond motifs is 1. The monoisotopic (exact) mass is 475 g/mol. The molecule has 1 N–H and O–H groups in total. The lowest BCUT2D eigenvalue weighted by Gasteiger charge is -2.27. The van der Waals surface area contributed by atoms with E-state index in [-0.39, 0.29) is 23.6 Å². The Bertz CT molecular complexity index is 1260. The predicted octanol–water partition coefficient (Wildman–Crippen LogP) is 4.79. The highest BCUT2D eigenvalue weighted by Gasteiger charge is 2.31. The van der Waals surface area contributed by atoms with Crippen molar-refractivity contribution in [1.29, 1.82) is 0 Å². The number of piperidine rings is 1. The Balaban J connectivity index is 1.19. The van der Waals surface area contributed by atoms with E-state index in [0.717, 1.165) is 41.5 Å². The van der Waals surface area contributed by atoms with Crippen molar-refractivity contribution in [3.63, 3.8) is 0 Å². The Morgan fingerprint density at radius 3 is 2.35 bits per heavy atom. The van der Waals surface area contributed by atoms with Crippen molar-refractivity contribution in [3.05, 3.63) is 71.2 Å². The Hall–Kier alpha value is -3.38. The molecular formula is C27H26ClN3O3. The van der Waals surface area contributed by atoms with Gasteiger partial charge in [0.15, 0.2) is 0 Å². The van der Waals surface area contributed by atoms with Gasteiger partial charge < -0.3 is 15.1 Å². The van der Waals surface area contributed by atoms with Gasteiger partial charge in [0.05, 0.1) is 0 Å². The number of nitrogens with zero attached hydrogens (tertiary/aromatic N) is 2. The number of carbonyl (C=O) groups is 3. The summed E-state index contributed by atoms with van der Waals surface area (Å²) in [4.78, 5) is 41.1. The van der Waals surface area contributed by atoms with Gasteiger partial charge in [0.25, 0.3) is 5.91 Å². The van der Waals surface area contributed by atoms with Crippen LogP contribution in [0.2, 0.25) is 5.02 Å². The van der Waals surface area contributed by atoms with Gasteiger partial charge in [-0.3, -0.25) is 14.4 Å². The van der Waals surface area contributed by atoms with Gasteiger partial charge in [-0.2, -0.15) is 0 Å². The molecule has 1 atom stereocenters. The van der Waals surface area contributed by atoms with Gasteiger partial charge in [-0.1, -0.05) is 23.7 Å². The van der Waals surface area contributed by atoms with Crippen LogP contribution in [0.3, 0.4) is 0 Å². The summed E-state index contributed by atoms with van der Waals surface area (Å²) in [6.45, 7) is 1.73. The van der Waals surface area contributed by atoms with Crippen LogP contribution in [-0.2, 0) is 9.59 Å². The molecule has 3 amide bonds. The van der Waals surface area contributed by atoms with Crippen molar-refractivity contribution >= 4 is 51.5 Å². The molecule has 0 aliphatic carbocycles. The fourth-order valence-electron chi connectivity index (χ4n) is 4.76. The number of nitrogens with one attached hydrogen (secondary N) is 1. The molecule has 34 heavy (non-hydrogen) atoms. The highest BCUT2D eigenvalue weighted by Crippen LogP contribution is 2.28. The summed E-state index contributed by atoms with van der Waals surface area (Å²) in [5.41, 5.74) is 2.28. The van der Waals surface area contributed by atoms with Crippen molar-refractivity contribution in [2.24, 2.45) is 5.92 Å². The highest BCUT2D eigenvalue weighted by molar-refractivity contribution is 6.31. The molecule has 2 aliphatic heterocycles. The van der Waals surface area contributed by atoms with E-state index in [2.05, 4.69) is 5.32 Å². The molecule has 3 aromatic carbocycles. The van der Waals surface area contributed by atoms with Crippen molar-refractivity contribution in [3.8, 4) is 0 Å². The minimum absolute atomic E-state index is 0.0408. The Morgan fingerprint density at radius 2 is 1.59 bits per heavy atom. The van der Waals surface area contributed by atoms with E-state index in [1.54, 1.807) is 17.0 Å². The zero-order chi connectivity index (χ0) is 23.7. The van der Waals surface area contributed by atoms with Crippen molar-refractivity contribution in [2.45, 2.75) is 25.7 Å². The summed E-state index contributed by atoms with van der Waals surface area (Å²) in [6, 6.07) is 18.7. The maximum atomic E-state index is 12.7. The fourth-order valence-corrected chi connectivity index (χ4v) is 4.94. The zero-order valence-corrected chi connectivity index (χ0v) is 19.6. The molecule has 6 nitrogen and oxygen atoms in total. The largest absolute Gasteiger partial charge is 0.352 e. The fraction of sp³-hybridized carbons (Fsp3) is 0.296. The number of halogens is 1. The van der Waals surface area contributed by atoms with E-state index in [4.69, 9.17) is 11.6 Å². The molecular weight excluding hydrogens is 450 g/mol. The van der Waals surface area contributed by atoms with Gasteiger partial charge in [0.1, 0.15) is 0 Å². The van der Waals surface area contributed by atoms with Crippen LogP contribution in [-0.4, -0.2) is 37.4 Å². The molecule has 5 rings (SSSR count). The normalized spacial score (nSPS) is 18.6. The van der Waals surface area contributed by atoms with Crippen LogP contribution in [0.5, 0.6) is 0 Å². The van der Waals surface area contributed by atoms with Crippen LogP contribution < -0.4 is 15.1 Å². The highest BCUT2D eigenvalue weighted by atomic mass is 35.5. The Labute approximate surface area is 203 Å². The summed E-state index contributed by atoms with van der Waals surface area (Å²) < 4.78 is 0. The second-order valence-corrected chi connectivity index (χ2v) is 9.45. The van der Waals surface area contributed by atoms with Crippen molar-refractivity contribution < 1.29 is 14.4 Å². The van der Waals surface area contributed by atoms with E-state index in [0.29, 0.717) is 36.5 Å². The van der Waals surface area contributed by atoms with Crippen molar-refractivity contribution in [1.82, 2.24) is 5.32 Å². The molecule has 1 unspecified atom stereocenters. The molecule has 0 spiro atoms. The lowest BCUT2D eigenvalue weighted by Crippen LogP contribution is -2.35. The smallest absolute Gasteiger partial charge is 0.251 e. The quantitative estimate of drug-likeness (QED) is 0.576. The van der Waals surface area contributed by atoms with Gasteiger partial charge in [0, 0.05) is 60.4 Å². The summed E-state index contributed by atoms with van der Waals surface area (Å²) in [5, 5.41) is 5.58. The number of carbonyl (C=O) groups excluding carboxylic acids is 3. The molecule has 0 radical (unpaired) electrons. The van der Waals surface area contributed by atoms with Gasteiger partial charge in [0.2, 0.25) is 11.8 Å². The van der Waals surface area contributed by atoms with E-state index in [9.17, 15) is 14.4 Å². The van der Waals surface area contributed by atoms with Gasteiger partial charge in [-0.05, 0) is 72.1 Å². The third-order valence-electron chi connectivity index (χ3n) is 6.62. The van der Waals surface area contributed by atoms with Gasteiger partial charge in [-0.25, -0.2) is 0 Å². The van der Waals surface area contributed by atoms with Crippen LogP contribution in [0.4, 0.5) is 11.4 Å². The molecule has 7 heteroatoms. The third-order valence-corrected chi connectivity index (χ3v) is 6.85. The lowest BCUT2D eigenvalue weighted by molar-refractivity contribution is -0.119. The number of rotatable bonds is 5. The van der Waals surface area contributed by atoms with E-state index < -0.39 is 0 Å². The van der Waals surface area contributed by atoms with Crippen LogP contribution >= 0.6 is 11.6 Å². The second kappa shape index (κ2) is 9.47. The molecule has 2 saturated heterocycles. The maximum absolute atomic E-state index is 12.7. The van der Waals surface area contributed by atoms with Crippen LogP contribution in [0.25, 0.3) is 10.8 Å².